The van der Waals surface area contributed by atoms with Crippen LogP contribution in [0.2, 0.25) is 0 Å². The molecule has 0 aromatic carbocycles. The summed E-state index contributed by atoms with van der Waals surface area (Å²) < 4.78 is 238. The quantitative estimate of drug-likeness (QED) is 0.330. The molecule has 0 atom stereocenters. The molecule has 0 aliphatic carbocycles. The lowest BCUT2D eigenvalue weighted by atomic mass is 10.0. The molecule has 0 rings (SSSR count). The molecule has 0 saturated carbocycles. The number of alkyl halides is 12. The fourth-order valence-corrected chi connectivity index (χ4v) is 7.38. The highest BCUT2D eigenvalue weighted by Gasteiger charge is 2.62. The molecule has 26 heteroatoms. The maximum Gasteiger partial charge on any atom is 0.512 e. The van der Waals surface area contributed by atoms with Crippen molar-refractivity contribution in [1.29, 1.82) is 0 Å². The molecular formula is C10H12F12N2O8S4. The van der Waals surface area contributed by atoms with E-state index < -0.39 is 101 Å². The topological polar surface area (TPSA) is 143 Å². The first-order valence-corrected chi connectivity index (χ1v) is 13.9. The monoisotopic (exact) mass is 644 g/mol. The lowest BCUT2D eigenvalue weighted by Crippen LogP contribution is -2.50. The summed E-state index contributed by atoms with van der Waals surface area (Å²) in [4.78, 5) is 0. The average molecular weight is 644 g/mol. The van der Waals surface area contributed by atoms with Gasteiger partial charge in [0.1, 0.15) is 0 Å². The molecule has 0 radical (unpaired) electrons. The van der Waals surface area contributed by atoms with Gasteiger partial charge >= 0.3 is 62.1 Å². The zero-order chi connectivity index (χ0) is 29.6. The van der Waals surface area contributed by atoms with Gasteiger partial charge in [-0.25, -0.2) is 33.7 Å². The number of nitrogens with zero attached hydrogens (tertiary/aromatic N) is 2. The first-order chi connectivity index (χ1) is 15.4. The Morgan fingerprint density at radius 3 is 0.778 bits per heavy atom. The second kappa shape index (κ2) is 10.2. The second-order valence-corrected chi connectivity index (χ2v) is 14.4. The van der Waals surface area contributed by atoms with Gasteiger partial charge < -0.3 is 0 Å². The number of halogens is 12. The molecule has 0 bridgehead atoms. The first-order valence-electron chi connectivity index (χ1n) is 8.17. The molecule has 0 fully saturated rings. The van der Waals surface area contributed by atoms with Crippen LogP contribution in [0.1, 0.15) is 19.8 Å². The van der Waals surface area contributed by atoms with Crippen LogP contribution >= 0.6 is 0 Å². The zero-order valence-electron chi connectivity index (χ0n) is 16.7. The molecule has 0 amide bonds. The van der Waals surface area contributed by atoms with Crippen molar-refractivity contribution < 1.29 is 86.4 Å². The van der Waals surface area contributed by atoms with Crippen LogP contribution in [0.15, 0.2) is 0 Å². The number of hydrogen-bond donors (Lipinski definition) is 0. The second-order valence-electron chi connectivity index (χ2n) is 6.48. The van der Waals surface area contributed by atoms with E-state index in [0.717, 1.165) is 0 Å². The lowest BCUT2D eigenvalue weighted by Gasteiger charge is -2.26. The van der Waals surface area contributed by atoms with Crippen molar-refractivity contribution >= 4 is 40.1 Å². The summed E-state index contributed by atoms with van der Waals surface area (Å²) in [5, 5.41) is 0. The molecule has 0 heterocycles. The van der Waals surface area contributed by atoms with E-state index in [1.807, 2.05) is 0 Å². The summed E-state index contributed by atoms with van der Waals surface area (Å²) in [6.45, 7) is -3.86. The van der Waals surface area contributed by atoms with E-state index in [4.69, 9.17) is 0 Å². The Balaban J connectivity index is 6.15. The summed E-state index contributed by atoms with van der Waals surface area (Å²) in [6.07, 6.45) is -2.95. The van der Waals surface area contributed by atoms with Crippen LogP contribution in [0.5, 0.6) is 0 Å². The smallest absolute Gasteiger partial charge is 0.202 e. The molecule has 0 unspecified atom stereocenters. The van der Waals surface area contributed by atoms with Gasteiger partial charge in [-0.15, -0.1) is 0 Å². The van der Waals surface area contributed by atoms with Crippen LogP contribution in [-0.4, -0.2) is 76.2 Å². The van der Waals surface area contributed by atoms with E-state index in [2.05, 4.69) is 0 Å². The van der Waals surface area contributed by atoms with Gasteiger partial charge in [-0.05, 0) is 18.8 Å². The molecule has 0 N–H and O–H groups in total. The minimum atomic E-state index is -7.27. The predicted molar refractivity (Wildman–Crippen MR) is 91.7 cm³/mol. The summed E-state index contributed by atoms with van der Waals surface area (Å²) in [5.41, 5.74) is -26.5. The molecule has 0 aliphatic rings. The van der Waals surface area contributed by atoms with E-state index in [0.29, 0.717) is 6.92 Å². The van der Waals surface area contributed by atoms with E-state index in [1.165, 1.54) is 0 Å². The number of hydrogen-bond acceptors (Lipinski definition) is 8. The molecule has 0 aliphatic heterocycles. The predicted octanol–water partition coefficient (Wildman–Crippen LogP) is 2.41. The van der Waals surface area contributed by atoms with Crippen LogP contribution in [-0.2, 0) is 40.1 Å². The van der Waals surface area contributed by atoms with Crippen molar-refractivity contribution in [3.8, 4) is 0 Å². The third-order valence-corrected chi connectivity index (χ3v) is 11.4. The van der Waals surface area contributed by atoms with Crippen molar-refractivity contribution in [2.75, 3.05) is 13.1 Å². The SMILES string of the molecule is CC(CCN(S(=O)(=O)C(F)(F)F)S(=O)(=O)C(F)(F)F)CCN(S(=O)(=O)C(F)(F)F)S(=O)(=O)C(F)(F)F. The lowest BCUT2D eigenvalue weighted by molar-refractivity contribution is -0.0540. The number of rotatable bonds is 10. The standard InChI is InChI=1S/C10H12F12N2O8S4/c1-6(2-4-23(33(25,26)7(11,12)13)34(27,28)8(14,15)16)3-5-24(35(29,30)9(17,18)19)36(31,32)10(20,21)22/h6H,2-5H2,1H3. The van der Waals surface area contributed by atoms with Gasteiger partial charge in [0.2, 0.25) is 0 Å². The fourth-order valence-electron chi connectivity index (χ4n) is 2.00. The van der Waals surface area contributed by atoms with Gasteiger partial charge in [-0.3, -0.25) is 0 Å². The van der Waals surface area contributed by atoms with E-state index in [-0.39, 0.29) is 0 Å². The van der Waals surface area contributed by atoms with Crippen molar-refractivity contribution in [1.82, 2.24) is 7.42 Å². The van der Waals surface area contributed by atoms with Gasteiger partial charge in [0.15, 0.2) is 0 Å². The highest BCUT2D eigenvalue weighted by atomic mass is 32.3. The molecule has 0 saturated heterocycles. The minimum absolute atomic E-state index is 0.581. The van der Waals surface area contributed by atoms with Gasteiger partial charge in [-0.2, -0.15) is 52.7 Å². The van der Waals surface area contributed by atoms with Crippen LogP contribution in [0.4, 0.5) is 52.7 Å². The van der Waals surface area contributed by atoms with Gasteiger partial charge in [-0.1, -0.05) is 14.3 Å². The van der Waals surface area contributed by atoms with Gasteiger partial charge in [0.25, 0.3) is 0 Å². The molecular weight excluding hydrogens is 632 g/mol. The van der Waals surface area contributed by atoms with E-state index in [1.54, 1.807) is 0 Å². The Morgan fingerprint density at radius 2 is 0.639 bits per heavy atom. The molecule has 218 valence electrons. The first kappa shape index (κ1) is 34.9. The van der Waals surface area contributed by atoms with Crippen LogP contribution in [0.3, 0.4) is 0 Å². The maximum absolute atomic E-state index is 12.7. The normalized spacial score (nSPS) is 15.8. The summed E-state index contributed by atoms with van der Waals surface area (Å²) >= 11 is 0. The van der Waals surface area contributed by atoms with Crippen molar-refractivity contribution in [3.63, 3.8) is 0 Å². The van der Waals surface area contributed by atoms with Crippen LogP contribution in [0.25, 0.3) is 0 Å². The Kier molecular flexibility index (Phi) is 9.90. The molecule has 36 heavy (non-hydrogen) atoms. The molecule has 0 aromatic rings. The van der Waals surface area contributed by atoms with Crippen LogP contribution in [0, 0.1) is 5.92 Å². The minimum Gasteiger partial charge on any atom is -0.202 e. The largest absolute Gasteiger partial charge is 0.512 e. The van der Waals surface area contributed by atoms with E-state index in [9.17, 15) is 86.4 Å². The van der Waals surface area contributed by atoms with Crippen LogP contribution < -0.4 is 0 Å². The molecule has 10 nitrogen and oxygen atoms in total. The highest BCUT2D eigenvalue weighted by molar-refractivity contribution is 8.05. The zero-order valence-corrected chi connectivity index (χ0v) is 20.0. The molecule has 0 aromatic heterocycles. The van der Waals surface area contributed by atoms with E-state index >= 15 is 0 Å². The fraction of sp³-hybridized carbons (Fsp3) is 1.00. The van der Waals surface area contributed by atoms with Crippen molar-refractivity contribution in [3.05, 3.63) is 0 Å². The Labute approximate surface area is 195 Å². The summed E-state index contributed by atoms with van der Waals surface area (Å²) in [5.74, 6) is -1.85. The average Bonchev–Trinajstić information content (AvgIpc) is 2.57. The Morgan fingerprint density at radius 1 is 0.472 bits per heavy atom. The van der Waals surface area contributed by atoms with Gasteiger partial charge in [0, 0.05) is 13.1 Å². The third-order valence-electron chi connectivity index (χ3n) is 3.85. The summed E-state index contributed by atoms with van der Waals surface area (Å²) in [6, 6.07) is 0. The highest BCUT2D eigenvalue weighted by Crippen LogP contribution is 2.37. The Bertz CT molecular complexity index is 1030. The maximum atomic E-state index is 12.7. The third kappa shape index (κ3) is 7.04. The Hall–Kier alpha value is -1.12. The molecule has 0 spiro atoms. The van der Waals surface area contributed by atoms with Gasteiger partial charge in [0.05, 0.1) is 0 Å². The number of sulfonamides is 4. The van der Waals surface area contributed by atoms with Crippen molar-refractivity contribution in [2.45, 2.75) is 41.8 Å². The van der Waals surface area contributed by atoms with Crippen molar-refractivity contribution in [2.24, 2.45) is 5.92 Å². The summed E-state index contributed by atoms with van der Waals surface area (Å²) in [7, 11) is -29.1.